The minimum absolute atomic E-state index is 0.0216. The molecule has 2 heterocycles. The van der Waals surface area contributed by atoms with Gasteiger partial charge in [0.1, 0.15) is 17.2 Å². The SMILES string of the molecule is COc1ccc(F)cc1-c1ccnc2[nH]c(C3=CCC(C(F)(F)F)CC3)cc12. The monoisotopic (exact) mass is 390 g/mol. The van der Waals surface area contributed by atoms with Crippen molar-refractivity contribution in [1.29, 1.82) is 0 Å². The first kappa shape index (κ1) is 18.5. The van der Waals surface area contributed by atoms with Crippen LogP contribution in [-0.4, -0.2) is 23.3 Å². The third-order valence-electron chi connectivity index (χ3n) is 5.20. The van der Waals surface area contributed by atoms with Crippen LogP contribution in [-0.2, 0) is 0 Å². The van der Waals surface area contributed by atoms with Crippen molar-refractivity contribution < 1.29 is 22.3 Å². The van der Waals surface area contributed by atoms with Gasteiger partial charge < -0.3 is 9.72 Å². The minimum Gasteiger partial charge on any atom is -0.496 e. The van der Waals surface area contributed by atoms with Crippen molar-refractivity contribution in [2.24, 2.45) is 5.92 Å². The van der Waals surface area contributed by atoms with Crippen molar-refractivity contribution in [3.63, 3.8) is 0 Å². The van der Waals surface area contributed by atoms with E-state index in [-0.39, 0.29) is 18.7 Å². The highest BCUT2D eigenvalue weighted by molar-refractivity contribution is 5.96. The number of aromatic amines is 1. The summed E-state index contributed by atoms with van der Waals surface area (Å²) in [4.78, 5) is 7.50. The Morgan fingerprint density at radius 1 is 1.14 bits per heavy atom. The Morgan fingerprint density at radius 2 is 1.96 bits per heavy atom. The van der Waals surface area contributed by atoms with Crippen molar-refractivity contribution in [1.82, 2.24) is 9.97 Å². The molecule has 0 aliphatic heterocycles. The standard InChI is InChI=1S/C21H18F4N2O/c1-28-19-7-6-14(22)10-16(19)15-8-9-26-20-17(15)11-18(27-20)12-2-4-13(5-3-12)21(23,24)25/h2,6-11,13H,3-5H2,1H3,(H,26,27). The van der Waals surface area contributed by atoms with E-state index in [9.17, 15) is 17.6 Å². The molecule has 1 unspecified atom stereocenters. The Hall–Kier alpha value is -2.83. The summed E-state index contributed by atoms with van der Waals surface area (Å²) in [5.41, 5.74) is 3.52. The van der Waals surface area contributed by atoms with E-state index in [1.165, 1.54) is 19.2 Å². The van der Waals surface area contributed by atoms with Gasteiger partial charge in [0.2, 0.25) is 0 Å². The quantitative estimate of drug-likeness (QED) is 0.547. The van der Waals surface area contributed by atoms with Crippen LogP contribution in [0.4, 0.5) is 17.6 Å². The number of hydrogen-bond donors (Lipinski definition) is 1. The molecule has 1 atom stereocenters. The van der Waals surface area contributed by atoms with Crippen molar-refractivity contribution in [3.8, 4) is 16.9 Å². The van der Waals surface area contributed by atoms with Gasteiger partial charge in [-0.25, -0.2) is 9.37 Å². The molecule has 0 saturated heterocycles. The maximum atomic E-state index is 13.8. The maximum absolute atomic E-state index is 13.8. The molecule has 0 radical (unpaired) electrons. The molecule has 0 bridgehead atoms. The lowest BCUT2D eigenvalue weighted by atomic mass is 9.88. The number of aromatic nitrogens is 2. The fourth-order valence-electron chi connectivity index (χ4n) is 3.70. The Morgan fingerprint density at radius 3 is 2.64 bits per heavy atom. The van der Waals surface area contributed by atoms with Gasteiger partial charge in [0.25, 0.3) is 0 Å². The van der Waals surface area contributed by atoms with Gasteiger partial charge in [-0.15, -0.1) is 0 Å². The van der Waals surface area contributed by atoms with Gasteiger partial charge in [0.05, 0.1) is 13.0 Å². The summed E-state index contributed by atoms with van der Waals surface area (Å²) in [5.74, 6) is -1.14. The first-order valence-corrected chi connectivity index (χ1v) is 8.94. The number of rotatable bonds is 3. The van der Waals surface area contributed by atoms with E-state index in [0.29, 0.717) is 23.4 Å². The summed E-state index contributed by atoms with van der Waals surface area (Å²) in [6, 6.07) is 7.92. The lowest BCUT2D eigenvalue weighted by Gasteiger charge is -2.23. The molecule has 0 spiro atoms. The first-order chi connectivity index (χ1) is 13.4. The summed E-state index contributed by atoms with van der Waals surface area (Å²) < 4.78 is 57.9. The van der Waals surface area contributed by atoms with Crippen LogP contribution in [0.5, 0.6) is 5.75 Å². The van der Waals surface area contributed by atoms with E-state index < -0.39 is 12.1 Å². The van der Waals surface area contributed by atoms with E-state index in [0.717, 1.165) is 22.2 Å². The molecule has 146 valence electrons. The summed E-state index contributed by atoms with van der Waals surface area (Å²) in [6.45, 7) is 0. The largest absolute Gasteiger partial charge is 0.496 e. The highest BCUT2D eigenvalue weighted by atomic mass is 19.4. The topological polar surface area (TPSA) is 37.9 Å². The van der Waals surface area contributed by atoms with Gasteiger partial charge in [-0.2, -0.15) is 13.2 Å². The number of methoxy groups -OCH3 is 1. The number of alkyl halides is 3. The molecule has 0 saturated carbocycles. The molecular weight excluding hydrogens is 372 g/mol. The molecule has 2 aromatic heterocycles. The number of benzene rings is 1. The summed E-state index contributed by atoms with van der Waals surface area (Å²) in [5, 5.41) is 0.764. The smallest absolute Gasteiger partial charge is 0.392 e. The lowest BCUT2D eigenvalue weighted by Crippen LogP contribution is -2.24. The number of H-pyrrole nitrogens is 1. The number of allylic oxidation sites excluding steroid dienone is 2. The van der Waals surface area contributed by atoms with E-state index >= 15 is 0 Å². The van der Waals surface area contributed by atoms with Gasteiger partial charge in [-0.3, -0.25) is 0 Å². The molecule has 1 aromatic carbocycles. The average molecular weight is 390 g/mol. The minimum atomic E-state index is -4.16. The molecule has 1 aliphatic carbocycles. The van der Waals surface area contributed by atoms with Gasteiger partial charge in [0.15, 0.2) is 0 Å². The van der Waals surface area contributed by atoms with Crippen LogP contribution in [0.2, 0.25) is 0 Å². The van der Waals surface area contributed by atoms with Crippen LogP contribution < -0.4 is 4.74 Å². The van der Waals surface area contributed by atoms with Crippen LogP contribution in [0.3, 0.4) is 0 Å². The van der Waals surface area contributed by atoms with Crippen LogP contribution >= 0.6 is 0 Å². The van der Waals surface area contributed by atoms with Crippen LogP contribution in [0, 0.1) is 11.7 Å². The molecule has 1 N–H and O–H groups in total. The van der Waals surface area contributed by atoms with Crippen molar-refractivity contribution >= 4 is 16.6 Å². The Labute approximate surface area is 159 Å². The van der Waals surface area contributed by atoms with Crippen LogP contribution in [0.15, 0.2) is 42.6 Å². The number of nitrogens with zero attached hydrogens (tertiary/aromatic N) is 1. The average Bonchev–Trinajstić information content (AvgIpc) is 3.11. The third kappa shape index (κ3) is 3.37. The molecule has 4 rings (SSSR count). The van der Waals surface area contributed by atoms with Crippen molar-refractivity contribution in [2.45, 2.75) is 25.4 Å². The fraction of sp³-hybridized carbons (Fsp3) is 0.286. The summed E-state index contributed by atoms with van der Waals surface area (Å²) in [6.07, 6.45) is -0.512. The number of pyridine rings is 1. The predicted molar refractivity (Wildman–Crippen MR) is 99.4 cm³/mol. The fourth-order valence-corrected chi connectivity index (χ4v) is 3.70. The number of hydrogen-bond acceptors (Lipinski definition) is 2. The van der Waals surface area contributed by atoms with Gasteiger partial charge in [-0.05, 0) is 60.7 Å². The van der Waals surface area contributed by atoms with Gasteiger partial charge >= 0.3 is 6.18 Å². The number of ether oxygens (including phenoxy) is 1. The second-order valence-electron chi connectivity index (χ2n) is 6.89. The van der Waals surface area contributed by atoms with E-state index in [4.69, 9.17) is 4.74 Å². The highest BCUT2D eigenvalue weighted by Gasteiger charge is 2.39. The Bertz CT molecular complexity index is 1050. The normalized spacial score (nSPS) is 17.6. The first-order valence-electron chi connectivity index (χ1n) is 8.94. The van der Waals surface area contributed by atoms with Crippen molar-refractivity contribution in [3.05, 3.63) is 54.1 Å². The Kier molecular flexibility index (Phi) is 4.61. The maximum Gasteiger partial charge on any atom is 0.392 e. The third-order valence-corrected chi connectivity index (χ3v) is 5.20. The van der Waals surface area contributed by atoms with Crippen LogP contribution in [0.1, 0.15) is 25.0 Å². The number of halogens is 4. The highest BCUT2D eigenvalue weighted by Crippen LogP contribution is 2.41. The molecule has 7 heteroatoms. The molecular formula is C21H18F4N2O. The summed E-state index contributed by atoms with van der Waals surface area (Å²) >= 11 is 0. The van der Waals surface area contributed by atoms with Gasteiger partial charge in [-0.1, -0.05) is 6.08 Å². The molecule has 28 heavy (non-hydrogen) atoms. The lowest BCUT2D eigenvalue weighted by molar-refractivity contribution is -0.175. The molecule has 1 aliphatic rings. The molecule has 3 aromatic rings. The second-order valence-corrected chi connectivity index (χ2v) is 6.89. The molecule has 0 fully saturated rings. The zero-order valence-corrected chi connectivity index (χ0v) is 15.1. The van der Waals surface area contributed by atoms with E-state index in [1.807, 2.05) is 6.07 Å². The van der Waals surface area contributed by atoms with Crippen LogP contribution in [0.25, 0.3) is 27.7 Å². The predicted octanol–water partition coefficient (Wildman–Crippen LogP) is 6.12. The summed E-state index contributed by atoms with van der Waals surface area (Å²) in [7, 11) is 1.52. The number of nitrogens with one attached hydrogen (secondary N) is 1. The van der Waals surface area contributed by atoms with Gasteiger partial charge in [0, 0.05) is 22.8 Å². The number of fused-ring (bicyclic) bond motifs is 1. The van der Waals surface area contributed by atoms with E-state index in [2.05, 4.69) is 9.97 Å². The zero-order chi connectivity index (χ0) is 19.9. The zero-order valence-electron chi connectivity index (χ0n) is 15.1. The molecule has 3 nitrogen and oxygen atoms in total. The van der Waals surface area contributed by atoms with Crippen molar-refractivity contribution in [2.75, 3.05) is 7.11 Å². The second kappa shape index (κ2) is 6.96. The van der Waals surface area contributed by atoms with E-state index in [1.54, 1.807) is 24.4 Å². The Balaban J connectivity index is 1.75. The molecule has 0 amide bonds.